The van der Waals surface area contributed by atoms with Crippen LogP contribution in [0, 0.1) is 5.41 Å². The van der Waals surface area contributed by atoms with E-state index < -0.39 is 5.41 Å². The number of rotatable bonds is 2. The molecule has 1 aliphatic carbocycles. The minimum atomic E-state index is -0.826. The first kappa shape index (κ1) is 8.99. The number of carbonyl (C=O) groups excluding carboxylic acids is 2. The minimum Gasteiger partial charge on any atom is -0.292 e. The summed E-state index contributed by atoms with van der Waals surface area (Å²) < 4.78 is 4.55. The van der Waals surface area contributed by atoms with Gasteiger partial charge in [0.15, 0.2) is 0 Å². The smallest absolute Gasteiger partial charge is 0.245 e. The first-order valence-corrected chi connectivity index (χ1v) is 4.58. The van der Waals surface area contributed by atoms with E-state index >= 15 is 0 Å². The average molecular weight is 286 g/mol. The van der Waals surface area contributed by atoms with Gasteiger partial charge in [-0.3, -0.25) is 18.3 Å². The van der Waals surface area contributed by atoms with E-state index in [0.717, 1.165) is 0 Å². The van der Waals surface area contributed by atoms with Crippen molar-refractivity contribution in [1.29, 1.82) is 0 Å². The zero-order chi connectivity index (χ0) is 8.48. The van der Waals surface area contributed by atoms with Gasteiger partial charge in [-0.1, -0.05) is 0 Å². The lowest BCUT2D eigenvalue weighted by Crippen LogP contribution is -2.36. The van der Waals surface area contributed by atoms with Crippen LogP contribution in [-0.4, -0.2) is 11.8 Å². The number of amides is 2. The molecule has 6 heteroatoms. The lowest BCUT2D eigenvalue weighted by Gasteiger charge is -2.08. The fourth-order valence-electron chi connectivity index (χ4n) is 0.863. The Kier molecular flexibility index (Phi) is 2.54. The summed E-state index contributed by atoms with van der Waals surface area (Å²) in [5, 5.41) is 0. The molecule has 1 rings (SSSR count). The predicted octanol–water partition coefficient (Wildman–Crippen LogP) is 0.619. The highest BCUT2D eigenvalue weighted by Gasteiger charge is 2.56. The van der Waals surface area contributed by atoms with Crippen molar-refractivity contribution >= 4 is 44.1 Å². The van der Waals surface area contributed by atoms with Gasteiger partial charge in [-0.15, -0.1) is 0 Å². The molecule has 0 heterocycles. The first-order valence-electron chi connectivity index (χ1n) is 2.99. The lowest BCUT2D eigenvalue weighted by atomic mass is 10.1. The predicted molar refractivity (Wildman–Crippen MR) is 45.8 cm³/mol. The van der Waals surface area contributed by atoms with Crippen LogP contribution >= 0.6 is 32.3 Å². The highest BCUT2D eigenvalue weighted by atomic mass is 79.9. The van der Waals surface area contributed by atoms with Crippen LogP contribution in [0.3, 0.4) is 0 Å². The van der Waals surface area contributed by atoms with Gasteiger partial charge >= 0.3 is 0 Å². The van der Waals surface area contributed by atoms with Crippen LogP contribution in [0.25, 0.3) is 0 Å². The van der Waals surface area contributed by atoms with Crippen LogP contribution in [0.4, 0.5) is 0 Å². The van der Waals surface area contributed by atoms with E-state index in [1.165, 1.54) is 0 Å². The third-order valence-electron chi connectivity index (χ3n) is 1.79. The molecular weight excluding hydrogens is 280 g/mol. The molecule has 62 valence electrons. The van der Waals surface area contributed by atoms with Crippen molar-refractivity contribution in [2.45, 2.75) is 12.8 Å². The second-order valence-corrected chi connectivity index (χ2v) is 3.22. The summed E-state index contributed by atoms with van der Waals surface area (Å²) in [6, 6.07) is 0. The Labute approximate surface area is 80.8 Å². The molecule has 0 saturated heterocycles. The molecule has 2 amide bonds. The Bertz CT molecular complexity index is 185. The van der Waals surface area contributed by atoms with Crippen molar-refractivity contribution in [3.63, 3.8) is 0 Å². The number of carbonyl (C=O) groups is 2. The fraction of sp³-hybridized carbons (Fsp3) is 0.600. The molecule has 4 nitrogen and oxygen atoms in total. The van der Waals surface area contributed by atoms with Crippen molar-refractivity contribution in [2.75, 3.05) is 0 Å². The van der Waals surface area contributed by atoms with E-state index in [2.05, 4.69) is 41.0 Å². The normalized spacial score (nSPS) is 18.7. The molecule has 0 aromatic rings. The second-order valence-electron chi connectivity index (χ2n) is 2.43. The Balaban J connectivity index is 2.67. The summed E-state index contributed by atoms with van der Waals surface area (Å²) in [5.41, 5.74) is -0.826. The summed E-state index contributed by atoms with van der Waals surface area (Å²) in [5.74, 6) is -0.566. The van der Waals surface area contributed by atoms with Crippen LogP contribution in [0.1, 0.15) is 12.8 Å². The molecule has 1 saturated carbocycles. The number of hydrogen-bond acceptors (Lipinski definition) is 2. The molecule has 1 fully saturated rings. The Morgan fingerprint density at radius 2 is 1.45 bits per heavy atom. The van der Waals surface area contributed by atoms with Crippen molar-refractivity contribution in [3.8, 4) is 0 Å². The zero-order valence-electron chi connectivity index (χ0n) is 5.49. The summed E-state index contributed by atoms with van der Waals surface area (Å²) in [6.45, 7) is 0. The SMILES string of the molecule is O=C(NBr)C1(C(=O)NBr)CC1. The number of halogens is 2. The highest BCUT2D eigenvalue weighted by molar-refractivity contribution is 9.08. The Morgan fingerprint density at radius 3 is 1.64 bits per heavy atom. The average Bonchev–Trinajstić information content (AvgIpc) is 2.82. The molecule has 0 atom stereocenters. The van der Waals surface area contributed by atoms with E-state index in [9.17, 15) is 9.59 Å². The maximum Gasteiger partial charge on any atom is 0.245 e. The Hall–Kier alpha value is -0.100. The monoisotopic (exact) mass is 284 g/mol. The highest BCUT2D eigenvalue weighted by Crippen LogP contribution is 2.46. The van der Waals surface area contributed by atoms with E-state index in [0.29, 0.717) is 12.8 Å². The van der Waals surface area contributed by atoms with Gasteiger partial charge in [0.25, 0.3) is 0 Å². The van der Waals surface area contributed by atoms with Gasteiger partial charge < -0.3 is 0 Å². The van der Waals surface area contributed by atoms with E-state index in [1.807, 2.05) is 0 Å². The maximum absolute atomic E-state index is 11.1. The van der Waals surface area contributed by atoms with Gasteiger partial charge in [0, 0.05) is 32.3 Å². The van der Waals surface area contributed by atoms with Crippen LogP contribution < -0.4 is 8.69 Å². The molecule has 0 bridgehead atoms. The maximum atomic E-state index is 11.1. The number of nitrogens with one attached hydrogen (secondary N) is 2. The molecule has 0 unspecified atom stereocenters. The summed E-state index contributed by atoms with van der Waals surface area (Å²) in [6.07, 6.45) is 1.23. The van der Waals surface area contributed by atoms with Gasteiger partial charge in [-0.05, 0) is 12.8 Å². The van der Waals surface area contributed by atoms with Gasteiger partial charge in [0.05, 0.1) is 0 Å². The standard InChI is InChI=1S/C5H6Br2N2O2/c6-8-3(10)5(1-2-5)4(11)9-7/h1-2H2,(H,8,10)(H,9,11). The van der Waals surface area contributed by atoms with E-state index in [-0.39, 0.29) is 11.8 Å². The molecule has 0 radical (unpaired) electrons. The molecule has 0 aliphatic heterocycles. The first-order chi connectivity index (χ1) is 5.17. The van der Waals surface area contributed by atoms with Crippen LogP contribution in [-0.2, 0) is 9.59 Å². The van der Waals surface area contributed by atoms with Gasteiger partial charge in [0.1, 0.15) is 5.41 Å². The fourth-order valence-corrected chi connectivity index (χ4v) is 1.62. The third-order valence-corrected chi connectivity index (χ3v) is 2.51. The molecule has 0 spiro atoms. The topological polar surface area (TPSA) is 58.2 Å². The summed E-state index contributed by atoms with van der Waals surface area (Å²) in [4.78, 5) is 22.1. The summed E-state index contributed by atoms with van der Waals surface area (Å²) >= 11 is 5.59. The van der Waals surface area contributed by atoms with Gasteiger partial charge in [-0.2, -0.15) is 0 Å². The van der Waals surface area contributed by atoms with Gasteiger partial charge in [0.2, 0.25) is 11.8 Å². The largest absolute Gasteiger partial charge is 0.292 e. The van der Waals surface area contributed by atoms with Crippen molar-refractivity contribution in [2.24, 2.45) is 5.41 Å². The Morgan fingerprint density at radius 1 is 1.09 bits per heavy atom. The molecule has 11 heavy (non-hydrogen) atoms. The molecular formula is C5H6Br2N2O2. The lowest BCUT2D eigenvalue weighted by molar-refractivity contribution is -0.134. The minimum absolute atomic E-state index is 0.283. The molecule has 0 aromatic carbocycles. The van der Waals surface area contributed by atoms with Crippen molar-refractivity contribution < 1.29 is 9.59 Å². The molecule has 1 aliphatic rings. The van der Waals surface area contributed by atoms with Gasteiger partial charge in [-0.25, -0.2) is 0 Å². The second kappa shape index (κ2) is 3.10. The van der Waals surface area contributed by atoms with Crippen LogP contribution in [0.5, 0.6) is 0 Å². The summed E-state index contributed by atoms with van der Waals surface area (Å²) in [7, 11) is 0. The van der Waals surface area contributed by atoms with E-state index in [1.54, 1.807) is 0 Å². The van der Waals surface area contributed by atoms with Crippen molar-refractivity contribution in [3.05, 3.63) is 0 Å². The van der Waals surface area contributed by atoms with Crippen molar-refractivity contribution in [1.82, 2.24) is 8.69 Å². The number of hydrogen-bond donors (Lipinski definition) is 2. The molecule has 2 N–H and O–H groups in total. The van der Waals surface area contributed by atoms with Crippen LogP contribution in [0.15, 0.2) is 0 Å². The quantitative estimate of drug-likeness (QED) is 0.577. The van der Waals surface area contributed by atoms with Crippen LogP contribution in [0.2, 0.25) is 0 Å². The van der Waals surface area contributed by atoms with E-state index in [4.69, 9.17) is 0 Å². The third kappa shape index (κ3) is 1.41. The zero-order valence-corrected chi connectivity index (χ0v) is 8.66. The molecule has 0 aromatic heterocycles.